The molecule has 0 atom stereocenters. The van der Waals surface area contributed by atoms with Gasteiger partial charge in [-0.2, -0.15) is 0 Å². The van der Waals surface area contributed by atoms with Crippen molar-refractivity contribution in [2.75, 3.05) is 13.9 Å². The third-order valence-corrected chi connectivity index (χ3v) is 3.24. The van der Waals surface area contributed by atoms with Gasteiger partial charge in [-0.1, -0.05) is 42.0 Å². The molecule has 0 saturated carbocycles. The van der Waals surface area contributed by atoms with Crippen LogP contribution in [-0.4, -0.2) is 19.8 Å². The summed E-state index contributed by atoms with van der Waals surface area (Å²) in [5.74, 6) is 0.609. The van der Waals surface area contributed by atoms with E-state index >= 15 is 0 Å². The first kappa shape index (κ1) is 16.8. The van der Waals surface area contributed by atoms with Gasteiger partial charge in [0.1, 0.15) is 5.75 Å². The van der Waals surface area contributed by atoms with Crippen LogP contribution in [-0.2, 0) is 16.1 Å². The molecule has 0 bridgehead atoms. The Kier molecular flexibility index (Phi) is 6.39. The Morgan fingerprint density at radius 3 is 2.43 bits per heavy atom. The standard InChI is InChI=1S/C19H21NO3/c1-15-3-5-17(6-4-15)13-20-19(21)12-9-16-7-10-18(11-8-16)23-14-22-2/h3-12H,13-14H2,1-2H3,(H,20,21)/b12-9+. The number of rotatable bonds is 7. The zero-order chi connectivity index (χ0) is 16.5. The lowest BCUT2D eigenvalue weighted by Crippen LogP contribution is -2.20. The third-order valence-electron chi connectivity index (χ3n) is 3.24. The summed E-state index contributed by atoms with van der Waals surface area (Å²) in [6.45, 7) is 2.78. The number of benzene rings is 2. The molecule has 2 rings (SSSR count). The monoisotopic (exact) mass is 311 g/mol. The van der Waals surface area contributed by atoms with Crippen molar-refractivity contribution in [2.24, 2.45) is 0 Å². The topological polar surface area (TPSA) is 47.6 Å². The zero-order valence-corrected chi connectivity index (χ0v) is 13.4. The highest BCUT2D eigenvalue weighted by Gasteiger charge is 1.97. The van der Waals surface area contributed by atoms with Crippen molar-refractivity contribution in [2.45, 2.75) is 13.5 Å². The number of carbonyl (C=O) groups is 1. The SMILES string of the molecule is COCOc1ccc(/C=C/C(=O)NCc2ccc(C)cc2)cc1. The molecule has 0 aliphatic heterocycles. The second-order valence-electron chi connectivity index (χ2n) is 5.16. The number of hydrogen-bond acceptors (Lipinski definition) is 3. The highest BCUT2D eigenvalue weighted by molar-refractivity contribution is 5.91. The maximum atomic E-state index is 11.8. The van der Waals surface area contributed by atoms with Gasteiger partial charge in [0.05, 0.1) is 0 Å². The van der Waals surface area contributed by atoms with Crippen LogP contribution in [0.1, 0.15) is 16.7 Å². The molecule has 0 spiro atoms. The lowest BCUT2D eigenvalue weighted by molar-refractivity contribution is -0.116. The Hall–Kier alpha value is -2.59. The molecule has 0 unspecified atom stereocenters. The maximum Gasteiger partial charge on any atom is 0.244 e. The first-order chi connectivity index (χ1) is 11.2. The average molecular weight is 311 g/mol. The van der Waals surface area contributed by atoms with Crippen LogP contribution in [0.5, 0.6) is 5.75 Å². The summed E-state index contributed by atoms with van der Waals surface area (Å²) in [7, 11) is 1.58. The molecule has 23 heavy (non-hydrogen) atoms. The second-order valence-corrected chi connectivity index (χ2v) is 5.16. The summed E-state index contributed by atoms with van der Waals surface area (Å²) in [5, 5.41) is 2.86. The van der Waals surface area contributed by atoms with Gasteiger partial charge in [0.15, 0.2) is 6.79 Å². The maximum absolute atomic E-state index is 11.8. The van der Waals surface area contributed by atoms with Crippen molar-refractivity contribution in [1.82, 2.24) is 5.32 Å². The number of amides is 1. The van der Waals surface area contributed by atoms with E-state index in [9.17, 15) is 4.79 Å². The van der Waals surface area contributed by atoms with Crippen LogP contribution in [0, 0.1) is 6.92 Å². The van der Waals surface area contributed by atoms with Gasteiger partial charge in [-0.05, 0) is 36.3 Å². The second kappa shape index (κ2) is 8.76. The van der Waals surface area contributed by atoms with Gasteiger partial charge in [-0.25, -0.2) is 0 Å². The highest BCUT2D eigenvalue weighted by Crippen LogP contribution is 2.13. The zero-order valence-electron chi connectivity index (χ0n) is 13.4. The first-order valence-corrected chi connectivity index (χ1v) is 7.40. The number of nitrogens with one attached hydrogen (secondary N) is 1. The van der Waals surface area contributed by atoms with E-state index < -0.39 is 0 Å². The number of methoxy groups -OCH3 is 1. The quantitative estimate of drug-likeness (QED) is 0.630. The van der Waals surface area contributed by atoms with Crippen molar-refractivity contribution in [1.29, 1.82) is 0 Å². The molecule has 4 heteroatoms. The summed E-state index contributed by atoms with van der Waals surface area (Å²) >= 11 is 0. The van der Waals surface area contributed by atoms with Gasteiger partial charge >= 0.3 is 0 Å². The van der Waals surface area contributed by atoms with E-state index in [0.717, 1.165) is 16.9 Å². The van der Waals surface area contributed by atoms with Crippen molar-refractivity contribution in [3.8, 4) is 5.75 Å². The molecule has 0 saturated heterocycles. The van der Waals surface area contributed by atoms with E-state index in [4.69, 9.17) is 9.47 Å². The van der Waals surface area contributed by atoms with Gasteiger partial charge in [0.25, 0.3) is 0 Å². The van der Waals surface area contributed by atoms with Crippen molar-refractivity contribution >= 4 is 12.0 Å². The van der Waals surface area contributed by atoms with Crippen LogP contribution in [0.15, 0.2) is 54.6 Å². The van der Waals surface area contributed by atoms with Crippen LogP contribution in [0.3, 0.4) is 0 Å². The molecule has 2 aromatic carbocycles. The van der Waals surface area contributed by atoms with Crippen molar-refractivity contribution in [3.63, 3.8) is 0 Å². The molecular formula is C19H21NO3. The van der Waals surface area contributed by atoms with Gasteiger partial charge in [0.2, 0.25) is 5.91 Å². The Balaban J connectivity index is 1.82. The van der Waals surface area contributed by atoms with Gasteiger partial charge in [-0.15, -0.1) is 0 Å². The summed E-state index contributed by atoms with van der Waals surface area (Å²) in [4.78, 5) is 11.8. The van der Waals surface area contributed by atoms with Crippen LogP contribution < -0.4 is 10.1 Å². The minimum Gasteiger partial charge on any atom is -0.468 e. The summed E-state index contributed by atoms with van der Waals surface area (Å²) < 4.78 is 10.1. The molecule has 0 aromatic heterocycles. The Labute approximate surface area is 136 Å². The Morgan fingerprint density at radius 1 is 1.09 bits per heavy atom. The molecule has 0 heterocycles. The van der Waals surface area contributed by atoms with Crippen LogP contribution in [0.25, 0.3) is 6.08 Å². The largest absolute Gasteiger partial charge is 0.468 e. The molecule has 0 radical (unpaired) electrons. The van der Waals surface area contributed by atoms with Gasteiger partial charge in [-0.3, -0.25) is 4.79 Å². The number of ether oxygens (including phenoxy) is 2. The molecule has 4 nitrogen and oxygen atoms in total. The number of hydrogen-bond donors (Lipinski definition) is 1. The van der Waals surface area contributed by atoms with E-state index in [1.165, 1.54) is 11.6 Å². The molecule has 0 fully saturated rings. The minimum absolute atomic E-state index is 0.120. The third kappa shape index (κ3) is 5.96. The normalized spacial score (nSPS) is 10.7. The van der Waals surface area contributed by atoms with Crippen molar-refractivity contribution in [3.05, 3.63) is 71.3 Å². The van der Waals surface area contributed by atoms with Gasteiger partial charge in [0, 0.05) is 19.7 Å². The lowest BCUT2D eigenvalue weighted by Gasteiger charge is -2.04. The predicted molar refractivity (Wildman–Crippen MR) is 91.0 cm³/mol. The van der Waals surface area contributed by atoms with E-state index in [0.29, 0.717) is 6.54 Å². The van der Waals surface area contributed by atoms with E-state index in [1.807, 2.05) is 55.5 Å². The van der Waals surface area contributed by atoms with Crippen LogP contribution in [0.4, 0.5) is 0 Å². The minimum atomic E-state index is -0.120. The van der Waals surface area contributed by atoms with E-state index in [2.05, 4.69) is 5.32 Å². The lowest BCUT2D eigenvalue weighted by atomic mass is 10.1. The molecule has 1 N–H and O–H groups in total. The smallest absolute Gasteiger partial charge is 0.244 e. The fourth-order valence-corrected chi connectivity index (χ4v) is 1.93. The fourth-order valence-electron chi connectivity index (χ4n) is 1.93. The van der Waals surface area contributed by atoms with E-state index in [1.54, 1.807) is 13.2 Å². The predicted octanol–water partition coefficient (Wildman–Crippen LogP) is 3.31. The summed E-state index contributed by atoms with van der Waals surface area (Å²) in [6.07, 6.45) is 3.30. The Morgan fingerprint density at radius 2 is 1.78 bits per heavy atom. The first-order valence-electron chi connectivity index (χ1n) is 7.40. The molecule has 2 aromatic rings. The van der Waals surface area contributed by atoms with E-state index in [-0.39, 0.29) is 12.7 Å². The molecular weight excluding hydrogens is 290 g/mol. The summed E-state index contributed by atoms with van der Waals surface area (Å²) in [6, 6.07) is 15.5. The van der Waals surface area contributed by atoms with Gasteiger partial charge < -0.3 is 14.8 Å². The molecule has 0 aliphatic rings. The fraction of sp³-hybridized carbons (Fsp3) is 0.211. The molecule has 120 valence electrons. The van der Waals surface area contributed by atoms with Crippen LogP contribution >= 0.6 is 0 Å². The summed E-state index contributed by atoms with van der Waals surface area (Å²) in [5.41, 5.74) is 3.22. The van der Waals surface area contributed by atoms with Crippen LogP contribution in [0.2, 0.25) is 0 Å². The molecule has 1 amide bonds. The average Bonchev–Trinajstić information content (AvgIpc) is 2.58. The molecule has 0 aliphatic carbocycles. The number of carbonyl (C=O) groups excluding carboxylic acids is 1. The number of aryl methyl sites for hydroxylation is 1. The highest BCUT2D eigenvalue weighted by atomic mass is 16.7. The Bertz CT molecular complexity index is 645. The van der Waals surface area contributed by atoms with Crippen molar-refractivity contribution < 1.29 is 14.3 Å².